The lowest BCUT2D eigenvalue weighted by Crippen LogP contribution is -2.41. The molecule has 2 rings (SSSR count). The molecule has 3 heteroatoms. The molecule has 0 saturated heterocycles. The summed E-state index contributed by atoms with van der Waals surface area (Å²) in [5.74, 6) is 0.0740. The number of ether oxygens (including phenoxy) is 1. The van der Waals surface area contributed by atoms with Gasteiger partial charge in [-0.1, -0.05) is 45.0 Å². The van der Waals surface area contributed by atoms with Gasteiger partial charge in [-0.05, 0) is 11.1 Å². The van der Waals surface area contributed by atoms with Crippen LogP contribution in [-0.2, 0) is 22.6 Å². The van der Waals surface area contributed by atoms with Crippen LogP contribution in [0.4, 0.5) is 0 Å². The van der Waals surface area contributed by atoms with Crippen molar-refractivity contribution in [3.05, 3.63) is 35.4 Å². The Hall–Kier alpha value is -1.35. The summed E-state index contributed by atoms with van der Waals surface area (Å²) in [7, 11) is 0. The van der Waals surface area contributed by atoms with E-state index in [1.165, 1.54) is 11.1 Å². The van der Waals surface area contributed by atoms with Gasteiger partial charge in [0.05, 0.1) is 12.7 Å². The summed E-state index contributed by atoms with van der Waals surface area (Å²) in [5, 5.41) is 2.96. The van der Waals surface area contributed by atoms with E-state index in [4.69, 9.17) is 4.74 Å². The highest BCUT2D eigenvalue weighted by atomic mass is 16.5. The maximum absolute atomic E-state index is 11.8. The predicted molar refractivity (Wildman–Crippen MR) is 71.2 cm³/mol. The lowest BCUT2D eigenvalue weighted by molar-refractivity contribution is -0.129. The van der Waals surface area contributed by atoms with Crippen molar-refractivity contribution >= 4 is 5.91 Å². The van der Waals surface area contributed by atoms with Crippen molar-refractivity contribution in [2.24, 2.45) is 5.41 Å². The standard InChI is InChI=1S/C15H21NO2/c1-15(2,3)14(17)16-9-13-8-11-6-4-5-7-12(11)10-18-13/h4-7,13H,8-10H2,1-3H3,(H,16,17). The van der Waals surface area contributed by atoms with E-state index in [2.05, 4.69) is 23.5 Å². The van der Waals surface area contributed by atoms with Crippen molar-refractivity contribution in [1.82, 2.24) is 5.32 Å². The maximum Gasteiger partial charge on any atom is 0.225 e. The minimum atomic E-state index is -0.341. The molecule has 18 heavy (non-hydrogen) atoms. The topological polar surface area (TPSA) is 38.3 Å². The van der Waals surface area contributed by atoms with Crippen molar-refractivity contribution in [3.8, 4) is 0 Å². The van der Waals surface area contributed by atoms with Gasteiger partial charge in [-0.25, -0.2) is 0 Å². The van der Waals surface area contributed by atoms with Crippen LogP contribution in [0.1, 0.15) is 31.9 Å². The summed E-state index contributed by atoms with van der Waals surface area (Å²) in [6.45, 7) is 6.98. The normalized spacial score (nSPS) is 19.2. The summed E-state index contributed by atoms with van der Waals surface area (Å²) in [5.41, 5.74) is 2.25. The summed E-state index contributed by atoms with van der Waals surface area (Å²) in [4.78, 5) is 11.8. The number of rotatable bonds is 2. The van der Waals surface area contributed by atoms with Crippen molar-refractivity contribution in [1.29, 1.82) is 0 Å². The Morgan fingerprint density at radius 1 is 1.33 bits per heavy atom. The molecule has 0 radical (unpaired) electrons. The number of hydrogen-bond acceptors (Lipinski definition) is 2. The third-order valence-electron chi connectivity index (χ3n) is 3.21. The molecule has 1 atom stereocenters. The van der Waals surface area contributed by atoms with Gasteiger partial charge in [0.2, 0.25) is 5.91 Å². The van der Waals surface area contributed by atoms with Gasteiger partial charge in [0, 0.05) is 18.4 Å². The van der Waals surface area contributed by atoms with Gasteiger partial charge in [-0.15, -0.1) is 0 Å². The molecule has 1 aliphatic heterocycles. The second kappa shape index (κ2) is 5.11. The van der Waals surface area contributed by atoms with Crippen LogP contribution in [-0.4, -0.2) is 18.6 Å². The molecule has 98 valence electrons. The van der Waals surface area contributed by atoms with E-state index in [0.29, 0.717) is 13.2 Å². The SMILES string of the molecule is CC(C)(C)C(=O)NCC1Cc2ccccc2CO1. The molecule has 0 bridgehead atoms. The van der Waals surface area contributed by atoms with Gasteiger partial charge < -0.3 is 10.1 Å². The van der Waals surface area contributed by atoms with Crippen molar-refractivity contribution < 1.29 is 9.53 Å². The summed E-state index contributed by atoms with van der Waals surface area (Å²) in [6, 6.07) is 8.31. The summed E-state index contributed by atoms with van der Waals surface area (Å²) >= 11 is 0. The van der Waals surface area contributed by atoms with Crippen LogP contribution in [0.3, 0.4) is 0 Å². The third-order valence-corrected chi connectivity index (χ3v) is 3.21. The lowest BCUT2D eigenvalue weighted by atomic mass is 9.95. The molecule has 1 amide bonds. The second-order valence-corrected chi connectivity index (χ2v) is 5.87. The third kappa shape index (κ3) is 3.10. The first-order valence-electron chi connectivity index (χ1n) is 6.43. The average Bonchev–Trinajstić information content (AvgIpc) is 2.34. The molecular weight excluding hydrogens is 226 g/mol. The number of carbonyl (C=O) groups is 1. The summed E-state index contributed by atoms with van der Waals surface area (Å²) < 4.78 is 5.75. The predicted octanol–water partition coefficient (Wildman–Crippen LogP) is 2.29. The highest BCUT2D eigenvalue weighted by Crippen LogP contribution is 2.20. The van der Waals surface area contributed by atoms with Gasteiger partial charge in [-0.2, -0.15) is 0 Å². The first-order valence-corrected chi connectivity index (χ1v) is 6.43. The fourth-order valence-corrected chi connectivity index (χ4v) is 2.01. The van der Waals surface area contributed by atoms with Crippen LogP contribution in [0.25, 0.3) is 0 Å². The van der Waals surface area contributed by atoms with Crippen LogP contribution in [0.15, 0.2) is 24.3 Å². The Morgan fingerprint density at radius 3 is 2.67 bits per heavy atom. The quantitative estimate of drug-likeness (QED) is 0.870. The van der Waals surface area contributed by atoms with E-state index in [0.717, 1.165) is 6.42 Å². The molecule has 1 aromatic carbocycles. The zero-order chi connectivity index (χ0) is 13.2. The van der Waals surface area contributed by atoms with Crippen LogP contribution in [0.2, 0.25) is 0 Å². The maximum atomic E-state index is 11.8. The van der Waals surface area contributed by atoms with E-state index in [-0.39, 0.29) is 17.4 Å². The molecule has 3 nitrogen and oxygen atoms in total. The molecule has 1 N–H and O–H groups in total. The largest absolute Gasteiger partial charge is 0.371 e. The molecule has 0 saturated carbocycles. The Morgan fingerprint density at radius 2 is 2.00 bits per heavy atom. The Labute approximate surface area is 109 Å². The van der Waals surface area contributed by atoms with E-state index < -0.39 is 0 Å². The number of amides is 1. The molecule has 1 unspecified atom stereocenters. The first-order chi connectivity index (χ1) is 8.47. The Bertz CT molecular complexity index is 434. The van der Waals surface area contributed by atoms with Crippen LogP contribution >= 0.6 is 0 Å². The minimum absolute atomic E-state index is 0.0740. The van der Waals surface area contributed by atoms with E-state index in [1.54, 1.807) is 0 Å². The summed E-state index contributed by atoms with van der Waals surface area (Å²) in [6.07, 6.45) is 0.965. The molecule has 0 spiro atoms. The number of fused-ring (bicyclic) bond motifs is 1. The number of nitrogens with one attached hydrogen (secondary N) is 1. The lowest BCUT2D eigenvalue weighted by Gasteiger charge is -2.27. The highest BCUT2D eigenvalue weighted by Gasteiger charge is 2.24. The van der Waals surface area contributed by atoms with Gasteiger partial charge >= 0.3 is 0 Å². The van der Waals surface area contributed by atoms with Crippen molar-refractivity contribution in [2.45, 2.75) is 39.9 Å². The average molecular weight is 247 g/mol. The van der Waals surface area contributed by atoms with Gasteiger partial charge in [0.15, 0.2) is 0 Å². The van der Waals surface area contributed by atoms with E-state index in [1.807, 2.05) is 26.8 Å². The highest BCUT2D eigenvalue weighted by molar-refractivity contribution is 5.81. The van der Waals surface area contributed by atoms with Crippen LogP contribution in [0, 0.1) is 5.41 Å². The number of carbonyl (C=O) groups excluding carboxylic acids is 1. The van der Waals surface area contributed by atoms with E-state index >= 15 is 0 Å². The molecular formula is C15H21NO2. The van der Waals surface area contributed by atoms with Crippen molar-refractivity contribution in [2.75, 3.05) is 6.54 Å². The van der Waals surface area contributed by atoms with Crippen LogP contribution in [0.5, 0.6) is 0 Å². The molecule has 1 heterocycles. The molecule has 0 fully saturated rings. The van der Waals surface area contributed by atoms with E-state index in [9.17, 15) is 4.79 Å². The first kappa shape index (κ1) is 13.1. The van der Waals surface area contributed by atoms with Gasteiger partial charge in [0.1, 0.15) is 0 Å². The molecule has 1 aromatic rings. The minimum Gasteiger partial charge on any atom is -0.371 e. The van der Waals surface area contributed by atoms with Gasteiger partial charge in [-0.3, -0.25) is 4.79 Å². The van der Waals surface area contributed by atoms with Crippen LogP contribution < -0.4 is 5.32 Å². The molecule has 1 aliphatic rings. The zero-order valence-electron chi connectivity index (χ0n) is 11.3. The molecule has 0 aliphatic carbocycles. The smallest absolute Gasteiger partial charge is 0.225 e. The zero-order valence-corrected chi connectivity index (χ0v) is 11.3. The fraction of sp³-hybridized carbons (Fsp3) is 0.533. The van der Waals surface area contributed by atoms with Gasteiger partial charge in [0.25, 0.3) is 0 Å². The second-order valence-electron chi connectivity index (χ2n) is 5.87. The molecule has 0 aromatic heterocycles. The number of hydrogen-bond donors (Lipinski definition) is 1. The van der Waals surface area contributed by atoms with Crippen molar-refractivity contribution in [3.63, 3.8) is 0 Å². The number of benzene rings is 1. The Kier molecular flexibility index (Phi) is 3.71. The Balaban J connectivity index is 1.89. The monoisotopic (exact) mass is 247 g/mol. The fourth-order valence-electron chi connectivity index (χ4n) is 2.01.